The predicted molar refractivity (Wildman–Crippen MR) is 91.9 cm³/mol. The Hall–Kier alpha value is -2.63. The van der Waals surface area contributed by atoms with Crippen LogP contribution in [0.2, 0.25) is 0 Å². The molecule has 6 nitrogen and oxygen atoms in total. The maximum absolute atomic E-state index is 12.5. The third kappa shape index (κ3) is 2.79. The highest BCUT2D eigenvalue weighted by atomic mass is 16.2. The Bertz CT molecular complexity index is 794. The molecule has 24 heavy (non-hydrogen) atoms. The minimum atomic E-state index is -0.280. The van der Waals surface area contributed by atoms with Gasteiger partial charge in [0.25, 0.3) is 5.91 Å². The summed E-state index contributed by atoms with van der Waals surface area (Å²) in [5, 5.41) is 10.3. The van der Waals surface area contributed by atoms with Gasteiger partial charge < -0.3 is 10.6 Å². The molecule has 1 aliphatic heterocycles. The maximum Gasteiger partial charge on any atom is 0.252 e. The lowest BCUT2D eigenvalue weighted by Gasteiger charge is -2.13. The van der Waals surface area contributed by atoms with Crippen LogP contribution in [0.25, 0.3) is 0 Å². The van der Waals surface area contributed by atoms with Crippen LogP contribution in [0, 0.1) is 0 Å². The van der Waals surface area contributed by atoms with Crippen molar-refractivity contribution < 1.29 is 9.59 Å². The van der Waals surface area contributed by atoms with Gasteiger partial charge in [0.05, 0.1) is 18.2 Å². The number of amides is 2. The van der Waals surface area contributed by atoms with Gasteiger partial charge in [0.2, 0.25) is 5.91 Å². The molecule has 2 heterocycles. The molecule has 0 bridgehead atoms. The molecule has 1 aliphatic rings. The number of nitrogens with zero attached hydrogens (tertiary/aromatic N) is 2. The second kappa shape index (κ2) is 6.47. The summed E-state index contributed by atoms with van der Waals surface area (Å²) in [7, 11) is 1.83. The fourth-order valence-electron chi connectivity index (χ4n) is 3.29. The minimum absolute atomic E-state index is 0.119. The van der Waals surface area contributed by atoms with Crippen molar-refractivity contribution in [1.82, 2.24) is 15.1 Å². The Balaban J connectivity index is 1.76. The van der Waals surface area contributed by atoms with E-state index in [9.17, 15) is 9.59 Å². The van der Waals surface area contributed by atoms with Gasteiger partial charge in [0.1, 0.15) is 5.82 Å². The zero-order chi connectivity index (χ0) is 17.3. The summed E-state index contributed by atoms with van der Waals surface area (Å²) in [6, 6.07) is 7.11. The largest absolute Gasteiger partial charge is 0.345 e. The van der Waals surface area contributed by atoms with E-state index >= 15 is 0 Å². The van der Waals surface area contributed by atoms with Gasteiger partial charge >= 0.3 is 0 Å². The first-order valence-corrected chi connectivity index (χ1v) is 8.29. The van der Waals surface area contributed by atoms with Crippen LogP contribution in [0.1, 0.15) is 53.5 Å². The Labute approximate surface area is 141 Å². The van der Waals surface area contributed by atoms with Gasteiger partial charge in [0, 0.05) is 18.2 Å². The van der Waals surface area contributed by atoms with Crippen molar-refractivity contribution >= 4 is 17.6 Å². The van der Waals surface area contributed by atoms with Crippen molar-refractivity contribution in [2.45, 2.75) is 39.2 Å². The SMILES string of the molecule is CCc1nn(C)c(NC(=O)CC2NC(=O)c3ccccc32)c1CC. The molecule has 1 aromatic heterocycles. The molecule has 1 aromatic carbocycles. The van der Waals surface area contributed by atoms with Crippen LogP contribution in [-0.4, -0.2) is 21.6 Å². The molecule has 0 spiro atoms. The Morgan fingerprint density at radius 3 is 2.75 bits per heavy atom. The zero-order valence-electron chi connectivity index (χ0n) is 14.2. The predicted octanol–water partition coefficient (Wildman–Crippen LogP) is 2.36. The number of hydrogen-bond donors (Lipinski definition) is 2. The van der Waals surface area contributed by atoms with Gasteiger partial charge in [-0.25, -0.2) is 0 Å². The molecule has 1 atom stereocenters. The third-order valence-electron chi connectivity index (χ3n) is 4.45. The number of carbonyl (C=O) groups is 2. The summed E-state index contributed by atoms with van der Waals surface area (Å²) in [5.74, 6) is 0.501. The second-order valence-corrected chi connectivity index (χ2v) is 5.97. The van der Waals surface area contributed by atoms with Crippen LogP contribution < -0.4 is 10.6 Å². The van der Waals surface area contributed by atoms with Crippen molar-refractivity contribution in [3.8, 4) is 0 Å². The normalized spacial score (nSPS) is 16.0. The molecular weight excluding hydrogens is 304 g/mol. The fourth-order valence-corrected chi connectivity index (χ4v) is 3.29. The van der Waals surface area contributed by atoms with E-state index < -0.39 is 0 Å². The highest BCUT2D eigenvalue weighted by Gasteiger charge is 2.30. The molecule has 2 amide bonds. The lowest BCUT2D eigenvalue weighted by atomic mass is 10.0. The van der Waals surface area contributed by atoms with E-state index in [1.807, 2.05) is 25.2 Å². The maximum atomic E-state index is 12.5. The summed E-state index contributed by atoms with van der Waals surface area (Å²) >= 11 is 0. The van der Waals surface area contributed by atoms with Crippen molar-refractivity contribution in [1.29, 1.82) is 0 Å². The number of rotatable bonds is 5. The number of carbonyl (C=O) groups excluding carboxylic acids is 2. The zero-order valence-corrected chi connectivity index (χ0v) is 14.2. The molecule has 2 aromatic rings. The molecule has 6 heteroatoms. The summed E-state index contributed by atoms with van der Waals surface area (Å²) in [5.41, 5.74) is 3.62. The smallest absolute Gasteiger partial charge is 0.252 e. The van der Waals surface area contributed by atoms with E-state index in [0.717, 1.165) is 35.5 Å². The number of nitrogens with one attached hydrogen (secondary N) is 2. The number of hydrogen-bond acceptors (Lipinski definition) is 3. The summed E-state index contributed by atoms with van der Waals surface area (Å²) < 4.78 is 1.72. The molecule has 1 unspecified atom stereocenters. The first kappa shape index (κ1) is 16.2. The number of benzene rings is 1. The summed E-state index contributed by atoms with van der Waals surface area (Å²) in [4.78, 5) is 24.5. The standard InChI is InChI=1S/C18H22N4O2/c1-4-11-14(5-2)21-22(3)17(11)20-16(23)10-15-12-8-6-7-9-13(12)18(24)19-15/h6-9,15H,4-5,10H2,1-3H3,(H,19,24)(H,20,23). The van der Waals surface area contributed by atoms with Crippen LogP contribution in [0.15, 0.2) is 24.3 Å². The molecule has 0 aliphatic carbocycles. The highest BCUT2D eigenvalue weighted by molar-refractivity contribution is 6.00. The molecule has 0 saturated carbocycles. The summed E-state index contributed by atoms with van der Waals surface area (Å²) in [6.07, 6.45) is 1.85. The quantitative estimate of drug-likeness (QED) is 0.885. The number of fused-ring (bicyclic) bond motifs is 1. The van der Waals surface area contributed by atoms with E-state index in [0.29, 0.717) is 5.56 Å². The van der Waals surface area contributed by atoms with E-state index in [-0.39, 0.29) is 24.3 Å². The fraction of sp³-hybridized carbons (Fsp3) is 0.389. The molecule has 0 radical (unpaired) electrons. The van der Waals surface area contributed by atoms with Gasteiger partial charge in [-0.3, -0.25) is 14.3 Å². The number of aromatic nitrogens is 2. The van der Waals surface area contributed by atoms with E-state index in [1.165, 1.54) is 0 Å². The molecule has 0 saturated heterocycles. The molecule has 2 N–H and O–H groups in total. The summed E-state index contributed by atoms with van der Waals surface area (Å²) in [6.45, 7) is 4.11. The Morgan fingerprint density at radius 2 is 2.04 bits per heavy atom. The minimum Gasteiger partial charge on any atom is -0.345 e. The van der Waals surface area contributed by atoms with E-state index in [4.69, 9.17) is 0 Å². The molecule has 3 rings (SSSR count). The van der Waals surface area contributed by atoms with Gasteiger partial charge in [-0.2, -0.15) is 5.10 Å². The van der Waals surface area contributed by atoms with Gasteiger partial charge in [-0.15, -0.1) is 0 Å². The van der Waals surface area contributed by atoms with Gasteiger partial charge in [-0.05, 0) is 24.5 Å². The first-order valence-electron chi connectivity index (χ1n) is 8.29. The molecular formula is C18H22N4O2. The lowest BCUT2D eigenvalue weighted by Crippen LogP contribution is -2.25. The van der Waals surface area contributed by atoms with Crippen LogP contribution >= 0.6 is 0 Å². The van der Waals surface area contributed by atoms with E-state index in [1.54, 1.807) is 10.7 Å². The highest BCUT2D eigenvalue weighted by Crippen LogP contribution is 2.28. The third-order valence-corrected chi connectivity index (χ3v) is 4.45. The van der Waals surface area contributed by atoms with Crippen molar-refractivity contribution in [3.05, 3.63) is 46.6 Å². The van der Waals surface area contributed by atoms with Crippen molar-refractivity contribution in [3.63, 3.8) is 0 Å². The Kier molecular flexibility index (Phi) is 4.38. The average molecular weight is 326 g/mol. The first-order chi connectivity index (χ1) is 11.5. The van der Waals surface area contributed by atoms with Crippen LogP contribution in [-0.2, 0) is 24.7 Å². The lowest BCUT2D eigenvalue weighted by molar-refractivity contribution is -0.116. The van der Waals surface area contributed by atoms with E-state index in [2.05, 4.69) is 29.6 Å². The second-order valence-electron chi connectivity index (χ2n) is 5.97. The molecule has 0 fully saturated rings. The molecule has 126 valence electrons. The van der Waals surface area contributed by atoms with Gasteiger partial charge in [-0.1, -0.05) is 32.0 Å². The van der Waals surface area contributed by atoms with Gasteiger partial charge in [0.15, 0.2) is 0 Å². The van der Waals surface area contributed by atoms with Crippen LogP contribution in [0.3, 0.4) is 0 Å². The van der Waals surface area contributed by atoms with Crippen LogP contribution in [0.4, 0.5) is 5.82 Å². The van der Waals surface area contributed by atoms with Crippen LogP contribution in [0.5, 0.6) is 0 Å². The number of anilines is 1. The topological polar surface area (TPSA) is 76.0 Å². The Morgan fingerprint density at radius 1 is 1.29 bits per heavy atom. The monoisotopic (exact) mass is 326 g/mol. The van der Waals surface area contributed by atoms with Crippen molar-refractivity contribution in [2.24, 2.45) is 7.05 Å². The van der Waals surface area contributed by atoms with Crippen molar-refractivity contribution in [2.75, 3.05) is 5.32 Å². The number of aryl methyl sites for hydroxylation is 2. The average Bonchev–Trinajstić information content (AvgIpc) is 3.05.